The molecule has 0 unspecified atom stereocenters. The summed E-state index contributed by atoms with van der Waals surface area (Å²) in [4.78, 5) is 0. The first kappa shape index (κ1) is 23.9. The lowest BCUT2D eigenvalue weighted by Crippen LogP contribution is -2.21. The van der Waals surface area contributed by atoms with Crippen LogP contribution < -0.4 is 30.3 Å². The Morgan fingerprint density at radius 3 is 0.806 bits per heavy atom. The maximum Gasteiger partial charge on any atom is 0.306 e. The quantitative estimate of drug-likeness (QED) is 0.230. The third kappa shape index (κ3) is 4.79. The van der Waals surface area contributed by atoms with Crippen LogP contribution in [0.4, 0.5) is 0 Å². The molecule has 0 radical (unpaired) electrons. The smallest absolute Gasteiger partial charge is 0.306 e. The fourth-order valence-electron chi connectivity index (χ4n) is 3.88. The second-order valence-electron chi connectivity index (χ2n) is 8.07. The number of hydrogen-bond donors (Lipinski definition) is 0. The van der Waals surface area contributed by atoms with Gasteiger partial charge in [0.1, 0.15) is 0 Å². The van der Waals surface area contributed by atoms with E-state index in [4.69, 9.17) is 9.05 Å². The summed E-state index contributed by atoms with van der Waals surface area (Å²) in [5, 5.41) is 2.22. The Labute approximate surface area is 211 Å². The summed E-state index contributed by atoms with van der Waals surface area (Å²) >= 11 is 0. The van der Waals surface area contributed by atoms with E-state index in [2.05, 4.69) is 0 Å². The van der Waals surface area contributed by atoms with Crippen molar-refractivity contribution < 1.29 is 18.2 Å². The number of benzene rings is 5. The van der Waals surface area contributed by atoms with Crippen LogP contribution in [0.1, 0.15) is 0 Å². The molecule has 36 heavy (non-hydrogen) atoms. The van der Waals surface area contributed by atoms with Gasteiger partial charge in [-0.15, -0.1) is 0 Å². The molecule has 6 heteroatoms. The Morgan fingerprint density at radius 2 is 0.556 bits per heavy atom. The Kier molecular flexibility index (Phi) is 6.91. The van der Waals surface area contributed by atoms with Crippen molar-refractivity contribution in [2.24, 2.45) is 0 Å². The molecular formula is C30H24O4P2. The van der Waals surface area contributed by atoms with Gasteiger partial charge in [0.05, 0.1) is 21.2 Å². The second kappa shape index (κ2) is 10.4. The van der Waals surface area contributed by atoms with Crippen LogP contribution in [0, 0.1) is 0 Å². The standard InChI is InChI=1S/C30H24O4P2/c31-35(25-15-5-1-6-16-25,26-17-7-2-8-18-26)33-29-23-13-14-24-30(29)34-36(32,27-19-9-3-10-20-27)28-21-11-4-12-22-28/h1-24H. The molecule has 0 spiro atoms. The minimum absolute atomic E-state index is 0.251. The van der Waals surface area contributed by atoms with Crippen molar-refractivity contribution in [2.75, 3.05) is 0 Å². The predicted molar refractivity (Wildman–Crippen MR) is 147 cm³/mol. The lowest BCUT2D eigenvalue weighted by Gasteiger charge is -2.24. The topological polar surface area (TPSA) is 52.6 Å². The summed E-state index contributed by atoms with van der Waals surface area (Å²) < 4.78 is 41.7. The SMILES string of the molecule is O=P(Oc1ccccc1OP(=O)(c1ccccc1)c1ccccc1)(c1ccccc1)c1ccccc1. The molecule has 0 aromatic heterocycles. The maximum absolute atomic E-state index is 14.5. The van der Waals surface area contributed by atoms with E-state index >= 15 is 0 Å². The summed E-state index contributed by atoms with van der Waals surface area (Å²) in [6.07, 6.45) is 0. The first-order valence-electron chi connectivity index (χ1n) is 11.5. The van der Waals surface area contributed by atoms with Gasteiger partial charge in [-0.1, -0.05) is 84.9 Å². The van der Waals surface area contributed by atoms with Gasteiger partial charge in [-0.05, 0) is 60.7 Å². The maximum atomic E-state index is 14.5. The molecular weight excluding hydrogens is 486 g/mol. The van der Waals surface area contributed by atoms with E-state index in [0.29, 0.717) is 21.2 Å². The van der Waals surface area contributed by atoms with Crippen molar-refractivity contribution in [1.82, 2.24) is 0 Å². The molecule has 0 N–H and O–H groups in total. The van der Waals surface area contributed by atoms with E-state index in [1.54, 1.807) is 72.8 Å². The first-order valence-corrected chi connectivity index (χ1v) is 14.8. The van der Waals surface area contributed by atoms with Crippen molar-refractivity contribution in [3.63, 3.8) is 0 Å². The summed E-state index contributed by atoms with van der Waals surface area (Å²) in [6, 6.07) is 43.3. The van der Waals surface area contributed by atoms with Crippen molar-refractivity contribution in [3.05, 3.63) is 146 Å². The zero-order valence-electron chi connectivity index (χ0n) is 19.4. The Morgan fingerprint density at radius 1 is 0.333 bits per heavy atom. The molecule has 0 aliphatic carbocycles. The fraction of sp³-hybridized carbons (Fsp3) is 0. The van der Waals surface area contributed by atoms with Crippen molar-refractivity contribution in [2.45, 2.75) is 0 Å². The van der Waals surface area contributed by atoms with Crippen LogP contribution in [0.3, 0.4) is 0 Å². The van der Waals surface area contributed by atoms with E-state index in [9.17, 15) is 9.13 Å². The van der Waals surface area contributed by atoms with E-state index < -0.39 is 14.7 Å². The Balaban J connectivity index is 1.61. The second-order valence-corrected chi connectivity index (χ2v) is 12.7. The van der Waals surface area contributed by atoms with Gasteiger partial charge in [0.25, 0.3) is 0 Å². The van der Waals surface area contributed by atoms with Gasteiger partial charge in [0.15, 0.2) is 11.5 Å². The lowest BCUT2D eigenvalue weighted by atomic mass is 10.3. The monoisotopic (exact) mass is 510 g/mol. The van der Waals surface area contributed by atoms with Crippen LogP contribution in [0.15, 0.2) is 146 Å². The van der Waals surface area contributed by atoms with E-state index in [1.165, 1.54) is 0 Å². The molecule has 0 bridgehead atoms. The molecule has 5 rings (SSSR count). The third-order valence-corrected chi connectivity index (χ3v) is 10.5. The number of hydrogen-bond acceptors (Lipinski definition) is 4. The van der Waals surface area contributed by atoms with Gasteiger partial charge in [-0.2, -0.15) is 0 Å². The Hall–Kier alpha value is -3.84. The van der Waals surface area contributed by atoms with Crippen LogP contribution in [0.25, 0.3) is 0 Å². The van der Waals surface area contributed by atoms with Crippen molar-refractivity contribution in [1.29, 1.82) is 0 Å². The van der Waals surface area contributed by atoms with Crippen molar-refractivity contribution in [3.8, 4) is 11.5 Å². The summed E-state index contributed by atoms with van der Waals surface area (Å²) in [5.74, 6) is 0.501. The minimum Gasteiger partial charge on any atom is -0.433 e. The molecule has 5 aromatic carbocycles. The molecule has 0 aliphatic heterocycles. The highest BCUT2D eigenvalue weighted by molar-refractivity contribution is 7.75. The average Bonchev–Trinajstić information content (AvgIpc) is 2.96. The zero-order chi connectivity index (χ0) is 24.8. The van der Waals surface area contributed by atoms with E-state index in [-0.39, 0.29) is 11.5 Å². The molecule has 4 nitrogen and oxygen atoms in total. The lowest BCUT2D eigenvalue weighted by molar-refractivity contribution is 0.466. The van der Waals surface area contributed by atoms with Crippen LogP contribution in [-0.2, 0) is 9.13 Å². The minimum atomic E-state index is -3.55. The molecule has 178 valence electrons. The molecule has 0 saturated carbocycles. The summed E-state index contributed by atoms with van der Waals surface area (Å²) in [5.41, 5.74) is 0. The third-order valence-electron chi connectivity index (χ3n) is 5.69. The fourth-order valence-corrected chi connectivity index (χ4v) is 8.02. The Bertz CT molecular complexity index is 1320. The van der Waals surface area contributed by atoms with Gasteiger partial charge in [0, 0.05) is 0 Å². The number of para-hydroxylation sites is 2. The predicted octanol–water partition coefficient (Wildman–Crippen LogP) is 6.30. The molecule has 0 fully saturated rings. The van der Waals surface area contributed by atoms with Gasteiger partial charge >= 0.3 is 14.7 Å². The van der Waals surface area contributed by atoms with Gasteiger partial charge in [-0.3, -0.25) is 9.13 Å². The van der Waals surface area contributed by atoms with Gasteiger partial charge < -0.3 is 9.05 Å². The van der Waals surface area contributed by atoms with Gasteiger partial charge in [-0.25, -0.2) is 0 Å². The first-order chi connectivity index (χ1) is 17.6. The molecule has 0 aliphatic rings. The summed E-state index contributed by atoms with van der Waals surface area (Å²) in [6.45, 7) is 0. The van der Waals surface area contributed by atoms with E-state index in [1.807, 2.05) is 72.8 Å². The van der Waals surface area contributed by atoms with Crippen LogP contribution >= 0.6 is 14.7 Å². The highest BCUT2D eigenvalue weighted by atomic mass is 31.2. The average molecular weight is 510 g/mol. The van der Waals surface area contributed by atoms with Crippen LogP contribution in [-0.4, -0.2) is 0 Å². The molecule has 0 saturated heterocycles. The molecule has 0 heterocycles. The van der Waals surface area contributed by atoms with Crippen LogP contribution in [0.2, 0.25) is 0 Å². The zero-order valence-corrected chi connectivity index (χ0v) is 21.2. The summed E-state index contributed by atoms with van der Waals surface area (Å²) in [7, 11) is -7.10. The number of rotatable bonds is 8. The molecule has 0 amide bonds. The highest BCUT2D eigenvalue weighted by Crippen LogP contribution is 2.52. The molecule has 5 aromatic rings. The van der Waals surface area contributed by atoms with Crippen molar-refractivity contribution >= 4 is 36.0 Å². The van der Waals surface area contributed by atoms with E-state index in [0.717, 1.165) is 0 Å². The largest absolute Gasteiger partial charge is 0.433 e. The van der Waals surface area contributed by atoms with Gasteiger partial charge in [0.2, 0.25) is 0 Å². The molecule has 0 atom stereocenters. The highest BCUT2D eigenvalue weighted by Gasteiger charge is 2.34. The van der Waals surface area contributed by atoms with Crippen LogP contribution in [0.5, 0.6) is 11.5 Å². The normalized spacial score (nSPS) is 11.6.